The van der Waals surface area contributed by atoms with Crippen LogP contribution in [0.15, 0.2) is 0 Å². The Morgan fingerprint density at radius 3 is 0.817 bits per heavy atom. The lowest BCUT2D eigenvalue weighted by atomic mass is 10.0. The fourth-order valence-corrected chi connectivity index (χ4v) is 8.22. The first-order valence-electron chi connectivity index (χ1n) is 26.9. The van der Waals surface area contributed by atoms with E-state index in [1.54, 1.807) is 0 Å². The Morgan fingerprint density at radius 1 is 0.317 bits per heavy atom. The van der Waals surface area contributed by atoms with Crippen LogP contribution in [0.3, 0.4) is 0 Å². The summed E-state index contributed by atoms with van der Waals surface area (Å²) in [7, 11) is 0. The Morgan fingerprint density at radius 2 is 0.550 bits per heavy atom. The van der Waals surface area contributed by atoms with Crippen LogP contribution in [-0.2, 0) is 28.6 Å². The number of carbonyl (C=O) groups is 3. The molecule has 0 heterocycles. The molecule has 0 saturated carbocycles. The van der Waals surface area contributed by atoms with Gasteiger partial charge in [-0.1, -0.05) is 265 Å². The standard InChI is InChI=1S/C54H104O6/c1-5-7-9-11-13-15-25-31-35-39-43-47-54(57)60-51(48-58-52(55)45-41-37-33-29-16-14-12-10-8-6-2)49-59-53(56)46-42-38-34-30-27-24-22-20-18-17-19-21-23-26-28-32-36-40-44-50(3)4/h50-51H,5-49H2,1-4H3/t51-/m0/s1. The van der Waals surface area contributed by atoms with E-state index in [9.17, 15) is 14.4 Å². The van der Waals surface area contributed by atoms with Crippen LogP contribution in [0.25, 0.3) is 0 Å². The zero-order chi connectivity index (χ0) is 43.8. The highest BCUT2D eigenvalue weighted by molar-refractivity contribution is 5.71. The van der Waals surface area contributed by atoms with E-state index < -0.39 is 6.10 Å². The predicted octanol–water partition coefficient (Wildman–Crippen LogP) is 17.5. The molecule has 0 radical (unpaired) electrons. The summed E-state index contributed by atoms with van der Waals surface area (Å²) >= 11 is 0. The summed E-state index contributed by atoms with van der Waals surface area (Å²) in [6.45, 7) is 9.03. The van der Waals surface area contributed by atoms with Crippen LogP contribution in [-0.4, -0.2) is 37.2 Å². The molecule has 0 aromatic rings. The van der Waals surface area contributed by atoms with Crippen molar-refractivity contribution in [1.82, 2.24) is 0 Å². The smallest absolute Gasteiger partial charge is 0.306 e. The molecule has 60 heavy (non-hydrogen) atoms. The minimum atomic E-state index is -0.759. The van der Waals surface area contributed by atoms with Gasteiger partial charge in [0, 0.05) is 19.3 Å². The van der Waals surface area contributed by atoms with Crippen molar-refractivity contribution in [2.75, 3.05) is 13.2 Å². The minimum Gasteiger partial charge on any atom is -0.462 e. The molecule has 0 fully saturated rings. The second-order valence-electron chi connectivity index (χ2n) is 19.0. The van der Waals surface area contributed by atoms with Gasteiger partial charge in [0.15, 0.2) is 6.10 Å². The van der Waals surface area contributed by atoms with Crippen molar-refractivity contribution < 1.29 is 28.6 Å². The van der Waals surface area contributed by atoms with E-state index in [0.717, 1.165) is 63.7 Å². The van der Waals surface area contributed by atoms with E-state index in [0.29, 0.717) is 19.3 Å². The molecule has 0 spiro atoms. The topological polar surface area (TPSA) is 78.9 Å². The number of carbonyl (C=O) groups excluding carboxylic acids is 3. The van der Waals surface area contributed by atoms with Crippen LogP contribution in [0, 0.1) is 5.92 Å². The first-order valence-corrected chi connectivity index (χ1v) is 26.9. The van der Waals surface area contributed by atoms with Crippen molar-refractivity contribution in [1.29, 1.82) is 0 Å². The summed E-state index contributed by atoms with van der Waals surface area (Å²) in [5.41, 5.74) is 0. The van der Waals surface area contributed by atoms with Crippen LogP contribution in [0.5, 0.6) is 0 Å². The number of hydrogen-bond acceptors (Lipinski definition) is 6. The maximum Gasteiger partial charge on any atom is 0.306 e. The number of unbranched alkanes of at least 4 members (excludes halogenated alkanes) is 36. The number of hydrogen-bond donors (Lipinski definition) is 0. The Kier molecular flexibility index (Phi) is 47.2. The molecule has 1 atom stereocenters. The highest BCUT2D eigenvalue weighted by Gasteiger charge is 2.19. The fourth-order valence-electron chi connectivity index (χ4n) is 8.22. The lowest BCUT2D eigenvalue weighted by Crippen LogP contribution is -2.30. The van der Waals surface area contributed by atoms with Gasteiger partial charge in [0.1, 0.15) is 13.2 Å². The largest absolute Gasteiger partial charge is 0.462 e. The zero-order valence-electron chi connectivity index (χ0n) is 40.9. The normalized spacial score (nSPS) is 11.9. The van der Waals surface area contributed by atoms with Gasteiger partial charge in [-0.2, -0.15) is 0 Å². The van der Waals surface area contributed by atoms with Crippen molar-refractivity contribution in [3.63, 3.8) is 0 Å². The van der Waals surface area contributed by atoms with Gasteiger partial charge in [-0.25, -0.2) is 0 Å². The Labute approximate surface area is 374 Å². The zero-order valence-corrected chi connectivity index (χ0v) is 40.9. The van der Waals surface area contributed by atoms with Crippen molar-refractivity contribution in [2.45, 2.75) is 310 Å². The molecule has 0 unspecified atom stereocenters. The molecule has 6 heteroatoms. The number of ether oxygens (including phenoxy) is 3. The molecule has 356 valence electrons. The first-order chi connectivity index (χ1) is 29.4. The third kappa shape index (κ3) is 47.5. The minimum absolute atomic E-state index is 0.0625. The van der Waals surface area contributed by atoms with Crippen LogP contribution in [0.2, 0.25) is 0 Å². The van der Waals surface area contributed by atoms with Crippen molar-refractivity contribution in [3.8, 4) is 0 Å². The van der Waals surface area contributed by atoms with Crippen LogP contribution in [0.4, 0.5) is 0 Å². The SMILES string of the molecule is CCCCCCCCCCCCCC(=O)O[C@@H](COC(=O)CCCCCCCCCCCC)COC(=O)CCCCCCCCCCCCCCCCCCCCC(C)C. The highest BCUT2D eigenvalue weighted by atomic mass is 16.6. The Bertz CT molecular complexity index is 903. The third-order valence-corrected chi connectivity index (χ3v) is 12.3. The monoisotopic (exact) mass is 849 g/mol. The molecule has 0 aliphatic carbocycles. The average molecular weight is 849 g/mol. The highest BCUT2D eigenvalue weighted by Crippen LogP contribution is 2.17. The van der Waals surface area contributed by atoms with E-state index in [4.69, 9.17) is 14.2 Å². The lowest BCUT2D eigenvalue weighted by Gasteiger charge is -2.18. The maximum absolute atomic E-state index is 12.7. The maximum atomic E-state index is 12.7. The molecular formula is C54H104O6. The summed E-state index contributed by atoms with van der Waals surface area (Å²) in [4.78, 5) is 37.9. The van der Waals surface area contributed by atoms with Gasteiger partial charge < -0.3 is 14.2 Å². The van der Waals surface area contributed by atoms with E-state index in [1.807, 2.05) is 0 Å². The molecule has 0 amide bonds. The summed E-state index contributed by atoms with van der Waals surface area (Å²) in [6.07, 6.45) is 51.0. The van der Waals surface area contributed by atoms with E-state index >= 15 is 0 Å². The molecule has 0 rings (SSSR count). The number of rotatable bonds is 49. The lowest BCUT2D eigenvalue weighted by molar-refractivity contribution is -0.167. The van der Waals surface area contributed by atoms with E-state index in [-0.39, 0.29) is 31.1 Å². The molecule has 0 bridgehead atoms. The van der Waals surface area contributed by atoms with Crippen LogP contribution < -0.4 is 0 Å². The third-order valence-electron chi connectivity index (χ3n) is 12.3. The summed E-state index contributed by atoms with van der Waals surface area (Å²) < 4.78 is 16.8. The van der Waals surface area contributed by atoms with Crippen molar-refractivity contribution >= 4 is 17.9 Å². The molecule has 0 aliphatic rings. The van der Waals surface area contributed by atoms with Crippen LogP contribution in [0.1, 0.15) is 304 Å². The fraction of sp³-hybridized carbons (Fsp3) is 0.944. The Hall–Kier alpha value is -1.59. The van der Waals surface area contributed by atoms with Gasteiger partial charge in [-0.3, -0.25) is 14.4 Å². The summed E-state index contributed by atoms with van der Waals surface area (Å²) in [5, 5.41) is 0. The molecule has 6 nitrogen and oxygen atoms in total. The van der Waals surface area contributed by atoms with Gasteiger partial charge in [0.2, 0.25) is 0 Å². The van der Waals surface area contributed by atoms with Crippen molar-refractivity contribution in [3.05, 3.63) is 0 Å². The van der Waals surface area contributed by atoms with Gasteiger partial charge in [-0.15, -0.1) is 0 Å². The molecule has 0 aliphatic heterocycles. The predicted molar refractivity (Wildman–Crippen MR) is 257 cm³/mol. The molecular weight excluding hydrogens is 745 g/mol. The summed E-state index contributed by atoms with van der Waals surface area (Å²) in [6, 6.07) is 0. The second-order valence-corrected chi connectivity index (χ2v) is 19.0. The summed E-state index contributed by atoms with van der Waals surface area (Å²) in [5.74, 6) is 0.0147. The van der Waals surface area contributed by atoms with Gasteiger partial charge in [-0.05, 0) is 25.2 Å². The van der Waals surface area contributed by atoms with E-state index in [2.05, 4.69) is 27.7 Å². The molecule has 0 N–H and O–H groups in total. The van der Waals surface area contributed by atoms with Crippen LogP contribution >= 0.6 is 0 Å². The van der Waals surface area contributed by atoms with Crippen molar-refractivity contribution in [2.24, 2.45) is 5.92 Å². The molecule has 0 aromatic carbocycles. The van der Waals surface area contributed by atoms with Gasteiger partial charge >= 0.3 is 17.9 Å². The second kappa shape index (κ2) is 48.4. The molecule has 0 saturated heterocycles. The number of esters is 3. The van der Waals surface area contributed by atoms with Gasteiger partial charge in [0.05, 0.1) is 0 Å². The van der Waals surface area contributed by atoms with Gasteiger partial charge in [0.25, 0.3) is 0 Å². The van der Waals surface area contributed by atoms with E-state index in [1.165, 1.54) is 199 Å². The first kappa shape index (κ1) is 58.4. The Balaban J connectivity index is 4.17. The average Bonchev–Trinajstić information content (AvgIpc) is 3.23. The quantitative estimate of drug-likeness (QED) is 0.0345. The molecule has 0 aromatic heterocycles.